The first-order chi connectivity index (χ1) is 7.93. The topological polar surface area (TPSA) is 0 Å². The van der Waals surface area contributed by atoms with Gasteiger partial charge >= 0.3 is 0 Å². The van der Waals surface area contributed by atoms with E-state index in [-0.39, 0.29) is 0 Å². The van der Waals surface area contributed by atoms with Crippen molar-refractivity contribution in [2.45, 2.75) is 0 Å². The molecule has 0 atom stereocenters. The van der Waals surface area contributed by atoms with Gasteiger partial charge in [0.15, 0.2) is 0 Å². The van der Waals surface area contributed by atoms with Crippen LogP contribution in [-0.2, 0) is 0 Å². The maximum absolute atomic E-state index is 3.26. The monoisotopic (exact) mass is 200 g/mol. The Balaban J connectivity index is 2.51. The highest BCUT2D eigenvalue weighted by molar-refractivity contribution is 6.22. The third kappa shape index (κ3) is 0.892. The van der Waals surface area contributed by atoms with E-state index >= 15 is 0 Å². The zero-order chi connectivity index (χ0) is 10.5. The molecule has 0 amide bonds. The maximum Gasteiger partial charge on any atom is -0.00143 e. The van der Waals surface area contributed by atoms with Gasteiger partial charge in [-0.05, 0) is 50.5 Å². The van der Waals surface area contributed by atoms with Crippen LogP contribution in [0.2, 0.25) is 0 Å². The molecule has 0 unspecified atom stereocenters. The van der Waals surface area contributed by atoms with Crippen LogP contribution >= 0.6 is 0 Å². The van der Waals surface area contributed by atoms with Crippen LogP contribution in [0.25, 0.3) is 32.3 Å². The summed E-state index contributed by atoms with van der Waals surface area (Å²) in [7, 11) is 0. The van der Waals surface area contributed by atoms with Crippen molar-refractivity contribution >= 4 is 32.3 Å². The van der Waals surface area contributed by atoms with Crippen molar-refractivity contribution < 1.29 is 0 Å². The second kappa shape index (κ2) is 2.73. The quantitative estimate of drug-likeness (QED) is 0.373. The highest BCUT2D eigenvalue weighted by Gasteiger charge is 2.06. The van der Waals surface area contributed by atoms with Crippen LogP contribution in [0.1, 0.15) is 0 Å². The number of rotatable bonds is 0. The van der Waals surface area contributed by atoms with Gasteiger partial charge in [-0.1, -0.05) is 42.5 Å². The fraction of sp³-hybridized carbons (Fsp3) is 0. The molecule has 4 aromatic rings. The molecule has 0 spiro atoms. The van der Waals surface area contributed by atoms with Gasteiger partial charge in [-0.2, -0.15) is 0 Å². The molecule has 0 aliphatic heterocycles. The van der Waals surface area contributed by atoms with Crippen LogP contribution in [0.15, 0.2) is 48.5 Å². The van der Waals surface area contributed by atoms with Gasteiger partial charge in [-0.3, -0.25) is 0 Å². The molecule has 0 aromatic heterocycles. The minimum Gasteiger partial charge on any atom is -0.0610 e. The molecule has 0 nitrogen and oxygen atoms in total. The lowest BCUT2D eigenvalue weighted by atomic mass is 9.95. The van der Waals surface area contributed by atoms with Gasteiger partial charge in [-0.25, -0.2) is 0 Å². The summed E-state index contributed by atoms with van der Waals surface area (Å²) >= 11 is 0. The lowest BCUT2D eigenvalue weighted by Crippen LogP contribution is -1.82. The number of benzene rings is 4. The maximum atomic E-state index is 3.26. The van der Waals surface area contributed by atoms with Gasteiger partial charge in [0.05, 0.1) is 0 Å². The average Bonchev–Trinajstić information content (AvgIpc) is 2.36. The Morgan fingerprint density at radius 2 is 1.25 bits per heavy atom. The highest BCUT2D eigenvalue weighted by atomic mass is 14.1. The third-order valence-electron chi connectivity index (χ3n) is 3.23. The van der Waals surface area contributed by atoms with E-state index in [4.69, 9.17) is 0 Å². The van der Waals surface area contributed by atoms with Gasteiger partial charge in [0.2, 0.25) is 0 Å². The summed E-state index contributed by atoms with van der Waals surface area (Å²) in [5.74, 6) is 0. The van der Waals surface area contributed by atoms with Crippen molar-refractivity contribution in [1.29, 1.82) is 0 Å². The normalized spacial score (nSPS) is 11.8. The summed E-state index contributed by atoms with van der Waals surface area (Å²) in [6, 6.07) is 23.4. The predicted octanol–water partition coefficient (Wildman–Crippen LogP) is 4.18. The Kier molecular flexibility index (Phi) is 1.39. The molecule has 4 rings (SSSR count). The van der Waals surface area contributed by atoms with E-state index in [1.807, 2.05) is 6.07 Å². The average molecular weight is 200 g/mol. The van der Waals surface area contributed by atoms with E-state index in [0.29, 0.717) is 0 Å². The molecule has 0 saturated heterocycles. The molecule has 0 saturated carbocycles. The molecule has 0 heterocycles. The van der Waals surface area contributed by atoms with Crippen LogP contribution in [0.4, 0.5) is 0 Å². The van der Waals surface area contributed by atoms with E-state index < -0.39 is 0 Å². The minimum atomic E-state index is 1.18. The number of hydrogen-bond donors (Lipinski definition) is 0. The van der Waals surface area contributed by atoms with Gasteiger partial charge < -0.3 is 0 Å². The summed E-state index contributed by atoms with van der Waals surface area (Å²) < 4.78 is 0. The summed E-state index contributed by atoms with van der Waals surface area (Å²) in [4.78, 5) is 0. The van der Waals surface area contributed by atoms with Gasteiger partial charge in [0, 0.05) is 0 Å². The van der Waals surface area contributed by atoms with Crippen LogP contribution in [-0.4, -0.2) is 0 Å². The van der Waals surface area contributed by atoms with Gasteiger partial charge in [0.1, 0.15) is 0 Å². The molecule has 0 fully saturated rings. The van der Waals surface area contributed by atoms with Crippen molar-refractivity contribution in [3.05, 3.63) is 60.7 Å². The third-order valence-corrected chi connectivity index (χ3v) is 3.23. The summed E-state index contributed by atoms with van der Waals surface area (Å²) in [5.41, 5.74) is 0. The first kappa shape index (κ1) is 8.12. The fourth-order valence-corrected chi connectivity index (χ4v) is 2.51. The van der Waals surface area contributed by atoms with E-state index in [1.54, 1.807) is 0 Å². The van der Waals surface area contributed by atoms with Crippen LogP contribution in [0, 0.1) is 12.1 Å². The lowest BCUT2D eigenvalue weighted by Gasteiger charge is -2.09. The van der Waals surface area contributed by atoms with Gasteiger partial charge in [0.25, 0.3) is 0 Å². The van der Waals surface area contributed by atoms with Crippen molar-refractivity contribution in [3.63, 3.8) is 0 Å². The molecular formula is C16H8. The molecule has 0 aliphatic rings. The molecule has 0 heteroatoms. The summed E-state index contributed by atoms with van der Waals surface area (Å²) in [5, 5.41) is 7.58. The largest absolute Gasteiger partial charge is 0.0610 e. The molecule has 72 valence electrons. The van der Waals surface area contributed by atoms with E-state index in [0.717, 1.165) is 0 Å². The van der Waals surface area contributed by atoms with Crippen molar-refractivity contribution in [1.82, 2.24) is 0 Å². The van der Waals surface area contributed by atoms with Crippen LogP contribution in [0.3, 0.4) is 0 Å². The van der Waals surface area contributed by atoms with Crippen molar-refractivity contribution in [3.8, 4) is 0 Å². The predicted molar refractivity (Wildman–Crippen MR) is 67.8 cm³/mol. The molecule has 0 bridgehead atoms. The second-order valence-electron chi connectivity index (χ2n) is 4.11. The Hall–Kier alpha value is -2.08. The molecule has 0 N–H and O–H groups in total. The lowest BCUT2D eigenvalue weighted by molar-refractivity contribution is 1.76. The van der Waals surface area contributed by atoms with E-state index in [9.17, 15) is 0 Å². The Morgan fingerprint density at radius 3 is 1.88 bits per heavy atom. The summed E-state index contributed by atoms with van der Waals surface area (Å²) in [6.07, 6.45) is 0. The standard InChI is InChI=1S/C16H8/c1-3-11-7-9-13-5-2-6-14-10-8-12(4-1)15(11)16(13)14/h1-4,7-10H. The van der Waals surface area contributed by atoms with Crippen molar-refractivity contribution in [2.75, 3.05) is 0 Å². The Bertz CT molecular complexity index is 667. The zero-order valence-electron chi connectivity index (χ0n) is 8.62. The van der Waals surface area contributed by atoms with Crippen LogP contribution in [0.5, 0.6) is 0 Å². The van der Waals surface area contributed by atoms with E-state index in [2.05, 4.69) is 54.6 Å². The van der Waals surface area contributed by atoms with Crippen LogP contribution < -0.4 is 0 Å². The first-order valence-corrected chi connectivity index (χ1v) is 5.39. The summed E-state index contributed by atoms with van der Waals surface area (Å²) in [6.45, 7) is 0. The molecule has 4 aromatic carbocycles. The first-order valence-electron chi connectivity index (χ1n) is 5.39. The van der Waals surface area contributed by atoms with Gasteiger partial charge in [-0.15, -0.1) is 0 Å². The Labute approximate surface area is 93.5 Å². The molecular weight excluding hydrogens is 192 g/mol. The van der Waals surface area contributed by atoms with Crippen molar-refractivity contribution in [2.24, 2.45) is 0 Å². The minimum absolute atomic E-state index is 1.18. The number of hydrogen-bond acceptors (Lipinski definition) is 0. The molecule has 2 radical (unpaired) electrons. The fourth-order valence-electron chi connectivity index (χ4n) is 2.51. The SMILES string of the molecule is [c]1c[c]c2ccc3cccc4ccc1c2c43. The smallest absolute Gasteiger partial charge is 0.00143 e. The zero-order valence-corrected chi connectivity index (χ0v) is 8.62. The Morgan fingerprint density at radius 1 is 0.625 bits per heavy atom. The molecule has 0 aliphatic carbocycles. The molecule has 16 heavy (non-hydrogen) atoms. The highest BCUT2D eigenvalue weighted by Crippen LogP contribution is 2.33. The van der Waals surface area contributed by atoms with E-state index in [1.165, 1.54) is 32.3 Å². The second-order valence-corrected chi connectivity index (χ2v) is 4.11.